The Morgan fingerprint density at radius 3 is 1.36 bits per heavy atom. The summed E-state index contributed by atoms with van der Waals surface area (Å²) < 4.78 is 104. The molecule has 140 heavy (non-hydrogen) atoms. The molecule has 3 unspecified atom stereocenters. The molecule has 744 valence electrons. The number of allylic oxidation sites excluding steroid dienone is 2. The SMILES string of the molecule is CC(C)(C)C1C=NN=C1c1ccc(Cl)cc1Cl.CC(C)(C)C1C=NN=C1c1ccc(Cl)cc1Cl.CC(C)(C)C1CCc2occ(-c3ccc(F)cc3)c2C1.CC(C)(C)c1cccc(-c2c(F)cc(F)cc2Cl)n1.CC(C)(C)c1cccc(C#N)n1.CC(C)(C)c1nc(Cl)ccc1F.CC(C)=C(F)C(C)(C)C.CC(C)c1cccc(-c2c(F)cc(F)cc2Cl)c1.CC(C)c1cccc(Oc2ccccc2)c1. The van der Waals surface area contributed by atoms with Crippen molar-refractivity contribution in [1.29, 1.82) is 5.26 Å². The molecule has 3 aliphatic rings. The molecule has 1 aliphatic carbocycles. The van der Waals surface area contributed by atoms with Crippen LogP contribution in [0, 0.1) is 85.6 Å². The number of nitrogens with zero attached hydrogens (tertiary/aromatic N) is 8. The fraction of sp³-hybridized carbons (Fsp3) is 0.362. The maximum absolute atomic E-state index is 13.9. The second kappa shape index (κ2) is 51.1. The van der Waals surface area contributed by atoms with Crippen LogP contribution < -0.4 is 4.74 Å². The average Bonchev–Trinajstić information content (AvgIpc) is 1.77. The monoisotopic (exact) mass is 2040 g/mol. The largest absolute Gasteiger partial charge is 0.468 e. The number of fused-ring (bicyclic) bond motifs is 1. The number of furan rings is 1. The highest BCUT2D eigenvalue weighted by atomic mass is 35.5. The van der Waals surface area contributed by atoms with Gasteiger partial charge in [0.2, 0.25) is 0 Å². The summed E-state index contributed by atoms with van der Waals surface area (Å²) >= 11 is 41.7. The number of pyridine rings is 3. The van der Waals surface area contributed by atoms with Gasteiger partial charge in [0, 0.05) is 114 Å². The molecule has 4 aromatic heterocycles. The summed E-state index contributed by atoms with van der Waals surface area (Å²) in [5.41, 5.74) is 14.2. The molecule has 24 heteroatoms. The van der Waals surface area contributed by atoms with Crippen molar-refractivity contribution in [1.82, 2.24) is 15.0 Å². The van der Waals surface area contributed by atoms with Gasteiger partial charge in [-0.05, 0) is 198 Å². The van der Waals surface area contributed by atoms with Gasteiger partial charge in [-0.1, -0.05) is 345 Å². The molecule has 12 aromatic rings. The quantitative estimate of drug-likeness (QED) is 0.104. The number of aryl methyl sites for hydroxylation is 1. The number of ether oxygens (including phenoxy) is 1. The van der Waals surface area contributed by atoms with E-state index in [2.05, 4.69) is 158 Å². The molecule has 15 rings (SSSR count). The molecule has 0 saturated carbocycles. The van der Waals surface area contributed by atoms with Crippen LogP contribution in [0.1, 0.15) is 262 Å². The van der Waals surface area contributed by atoms with E-state index in [1.807, 2.05) is 202 Å². The highest BCUT2D eigenvalue weighted by molar-refractivity contribution is 6.38. The Labute approximate surface area is 860 Å². The molecule has 0 N–H and O–H groups in total. The van der Waals surface area contributed by atoms with Crippen LogP contribution in [0.2, 0.25) is 35.3 Å². The standard InChI is InChI=1S/C18H21FO.C15H14ClF2N.C15H13ClF2.C15H16O.2C13H14Cl2N2.C10H12N2.C9H11ClFN.C8H15F/c1-18(2,3)13-6-9-17-15(10-13)16(11-20-17)12-4-7-14(19)8-5-12;1-15(2,3)13-6-4-5-12(19-13)14-10(16)7-9(17)8-11(14)18;1-9(2)10-4-3-5-11(6-10)15-13(16)7-12(17)8-14(15)18;1-12(2)13-7-6-10-15(11-13)16-14-8-4-3-5-9-14;2*1-13(2,3)10-7-16-17-12(10)9-5-4-8(14)6-11(9)15;1-10(2,3)9-6-4-5-8(7-11)12-9;1-9(2,3)8-6(11)4-5-7(10)12-8;1-6(2)7(9)8(3,4)5/h4-5,7-8,11,13H,6,9-10H2,1-3H3;4-8H,1-3H3;3-9H,1-2H3;3-12H,1-2H3;2*4-7,10H,1-3H3;4-6H,1-3H3;4-5H,1-3H3;1-5H3. The maximum Gasteiger partial charge on any atom is 0.145 e. The van der Waals surface area contributed by atoms with Crippen molar-refractivity contribution in [2.45, 2.75) is 234 Å². The Morgan fingerprint density at radius 2 is 0.914 bits per heavy atom. The van der Waals surface area contributed by atoms with E-state index >= 15 is 0 Å². The zero-order valence-electron chi connectivity index (χ0n) is 85.1. The van der Waals surface area contributed by atoms with E-state index in [-0.39, 0.29) is 83.0 Å². The first-order valence-corrected chi connectivity index (χ1v) is 48.9. The molecule has 3 atom stereocenters. The molecule has 0 fully saturated rings. The van der Waals surface area contributed by atoms with Crippen LogP contribution in [-0.4, -0.2) is 38.8 Å². The number of hydrogen-bond donors (Lipinski definition) is 0. The van der Waals surface area contributed by atoms with Crippen LogP contribution in [0.3, 0.4) is 0 Å². The maximum atomic E-state index is 13.9. The summed E-state index contributed by atoms with van der Waals surface area (Å²) in [7, 11) is 0. The third-order valence-electron chi connectivity index (χ3n) is 22.5. The summed E-state index contributed by atoms with van der Waals surface area (Å²) in [6.45, 7) is 55.5. The van der Waals surface area contributed by atoms with Gasteiger partial charge < -0.3 is 9.15 Å². The molecule has 0 amide bonds. The van der Waals surface area contributed by atoms with E-state index in [0.29, 0.717) is 71.1 Å². The molecule has 0 saturated heterocycles. The fourth-order valence-corrected chi connectivity index (χ4v) is 16.4. The van der Waals surface area contributed by atoms with E-state index < -0.39 is 23.3 Å². The van der Waals surface area contributed by atoms with Crippen LogP contribution in [0.25, 0.3) is 33.5 Å². The minimum atomic E-state index is -0.705. The predicted octanol–water partition coefficient (Wildman–Crippen LogP) is 37.8. The summed E-state index contributed by atoms with van der Waals surface area (Å²) in [5, 5.41) is 28.0. The lowest BCUT2D eigenvalue weighted by Gasteiger charge is -2.33. The van der Waals surface area contributed by atoms with Gasteiger partial charge in [0.15, 0.2) is 0 Å². The molecule has 0 bridgehead atoms. The molecule has 8 aromatic carbocycles. The van der Waals surface area contributed by atoms with Crippen LogP contribution in [0.5, 0.6) is 11.5 Å². The Kier molecular flexibility index (Phi) is 42.6. The summed E-state index contributed by atoms with van der Waals surface area (Å²) in [5.74, 6) is 1.60. The van der Waals surface area contributed by atoms with Gasteiger partial charge in [0.05, 0.1) is 54.7 Å². The lowest BCUT2D eigenvalue weighted by molar-refractivity contribution is 0.209. The van der Waals surface area contributed by atoms with Crippen LogP contribution in [0.4, 0.5) is 30.7 Å². The first-order chi connectivity index (χ1) is 65.1. The lowest BCUT2D eigenvalue weighted by atomic mass is 9.71. The van der Waals surface area contributed by atoms with E-state index in [1.54, 1.807) is 50.2 Å². The number of hydrogen-bond acceptors (Lipinski definition) is 10. The van der Waals surface area contributed by atoms with Crippen molar-refractivity contribution in [2.75, 3.05) is 0 Å². The number of nitriles is 1. The molecular formula is C116H130Cl7F7N8O2. The van der Waals surface area contributed by atoms with Crippen LogP contribution >= 0.6 is 81.2 Å². The molecule has 0 radical (unpaired) electrons. The smallest absolute Gasteiger partial charge is 0.145 e. The third-order valence-corrected chi connectivity index (χ3v) is 24.5. The molecular weight excluding hydrogens is 1920 g/mol. The van der Waals surface area contributed by atoms with E-state index in [9.17, 15) is 30.7 Å². The van der Waals surface area contributed by atoms with Crippen molar-refractivity contribution in [3.8, 4) is 51.1 Å². The topological polar surface area (TPSA) is 134 Å². The zero-order chi connectivity index (χ0) is 105. The Balaban J connectivity index is 0.000000216. The summed E-state index contributed by atoms with van der Waals surface area (Å²) in [6, 6.07) is 62.7. The minimum absolute atomic E-state index is 0.00231. The van der Waals surface area contributed by atoms with Crippen molar-refractivity contribution in [3.05, 3.63) is 357 Å². The molecule has 0 spiro atoms. The number of halogens is 14. The van der Waals surface area contributed by atoms with Gasteiger partial charge in [-0.2, -0.15) is 25.7 Å². The van der Waals surface area contributed by atoms with Crippen molar-refractivity contribution in [3.63, 3.8) is 0 Å². The van der Waals surface area contributed by atoms with Crippen molar-refractivity contribution in [2.24, 2.45) is 59.8 Å². The van der Waals surface area contributed by atoms with E-state index in [0.717, 1.165) is 111 Å². The number of para-hydroxylation sites is 1. The highest BCUT2D eigenvalue weighted by Crippen LogP contribution is 2.44. The minimum Gasteiger partial charge on any atom is -0.468 e. The van der Waals surface area contributed by atoms with Crippen molar-refractivity contribution < 1.29 is 39.9 Å². The van der Waals surface area contributed by atoms with Crippen molar-refractivity contribution >= 4 is 105 Å². The first-order valence-electron chi connectivity index (χ1n) is 46.3. The molecule has 2 aliphatic heterocycles. The summed E-state index contributed by atoms with van der Waals surface area (Å²) in [6.07, 6.45) is 8.84. The van der Waals surface area contributed by atoms with Gasteiger partial charge in [0.1, 0.15) is 74.9 Å². The highest BCUT2D eigenvalue weighted by Gasteiger charge is 2.36. The second-order valence-electron chi connectivity index (χ2n) is 42.4. The number of aromatic nitrogens is 3. The third kappa shape index (κ3) is 35.4. The van der Waals surface area contributed by atoms with Gasteiger partial charge in [-0.25, -0.2) is 40.7 Å². The molecule has 10 nitrogen and oxygen atoms in total. The lowest BCUT2D eigenvalue weighted by Crippen LogP contribution is -2.28. The van der Waals surface area contributed by atoms with E-state index in [4.69, 9.17) is 95.6 Å². The normalized spacial score (nSPS) is 14.3. The fourth-order valence-electron chi connectivity index (χ4n) is 14.6. The molecule has 6 heterocycles. The van der Waals surface area contributed by atoms with Gasteiger partial charge in [-0.15, -0.1) is 0 Å². The first kappa shape index (κ1) is 117. The average molecular weight is 2050 g/mol. The van der Waals surface area contributed by atoms with Gasteiger partial charge in [-0.3, -0.25) is 4.98 Å². The number of benzene rings is 8. The van der Waals surface area contributed by atoms with Gasteiger partial charge in [0.25, 0.3) is 0 Å². The Morgan fingerprint density at radius 1 is 0.436 bits per heavy atom. The Hall–Kier alpha value is -10.3. The Bertz CT molecular complexity index is 6230. The number of rotatable bonds is 9. The second-order valence-corrected chi connectivity index (χ2v) is 45.3. The van der Waals surface area contributed by atoms with Gasteiger partial charge >= 0.3 is 0 Å². The predicted molar refractivity (Wildman–Crippen MR) is 574 cm³/mol. The summed E-state index contributed by atoms with van der Waals surface area (Å²) in [4.78, 5) is 12.6. The van der Waals surface area contributed by atoms with Crippen LogP contribution in [0.15, 0.2) is 255 Å². The zero-order valence-corrected chi connectivity index (χ0v) is 90.4. The van der Waals surface area contributed by atoms with Crippen LogP contribution in [-0.2, 0) is 29.1 Å². The van der Waals surface area contributed by atoms with E-state index in [1.165, 1.54) is 41.8 Å².